The van der Waals surface area contributed by atoms with E-state index in [1.807, 2.05) is 0 Å². The molecule has 0 aliphatic carbocycles. The second-order valence-corrected chi connectivity index (χ2v) is 6.40. The molecule has 0 saturated carbocycles. The Morgan fingerprint density at radius 3 is 2.41 bits per heavy atom. The van der Waals surface area contributed by atoms with Crippen LogP contribution < -0.4 is 4.72 Å². The van der Waals surface area contributed by atoms with Crippen LogP contribution in [0.2, 0.25) is 5.02 Å². The molecule has 9 heteroatoms. The molecule has 112 valence electrons. The third kappa shape index (κ3) is 2.92. The summed E-state index contributed by atoms with van der Waals surface area (Å²) in [5.41, 5.74) is 1.13. The van der Waals surface area contributed by atoms with Gasteiger partial charge in [-0.1, -0.05) is 23.7 Å². The number of nitrogens with zero attached hydrogens (tertiary/aromatic N) is 4. The molecule has 3 aromatic rings. The number of benzene rings is 2. The maximum absolute atomic E-state index is 12.3. The lowest BCUT2D eigenvalue weighted by molar-refractivity contribution is 0.601. The predicted molar refractivity (Wildman–Crippen MR) is 81.4 cm³/mol. The molecule has 0 fully saturated rings. The largest absolute Gasteiger partial charge is 0.280 e. The summed E-state index contributed by atoms with van der Waals surface area (Å²) >= 11 is 5.92. The molecule has 0 radical (unpaired) electrons. The fourth-order valence-corrected chi connectivity index (χ4v) is 3.41. The summed E-state index contributed by atoms with van der Waals surface area (Å²) in [6.07, 6.45) is 1.45. The Kier molecular flexibility index (Phi) is 3.78. The monoisotopic (exact) mass is 335 g/mol. The highest BCUT2D eigenvalue weighted by molar-refractivity contribution is 7.92. The third-order valence-electron chi connectivity index (χ3n) is 2.86. The van der Waals surface area contributed by atoms with Gasteiger partial charge >= 0.3 is 0 Å². The molecule has 1 heterocycles. The molecule has 0 aliphatic rings. The Balaban J connectivity index is 1.86. The summed E-state index contributed by atoms with van der Waals surface area (Å²) in [6, 6.07) is 12.9. The minimum Gasteiger partial charge on any atom is -0.280 e. The Morgan fingerprint density at radius 2 is 1.77 bits per heavy atom. The van der Waals surface area contributed by atoms with E-state index in [0.29, 0.717) is 11.4 Å². The van der Waals surface area contributed by atoms with E-state index in [4.69, 9.17) is 11.6 Å². The van der Waals surface area contributed by atoms with E-state index < -0.39 is 10.0 Å². The SMILES string of the molecule is O=S(=O)(Nc1ccc(-n2cnnn2)cc1)c1ccccc1Cl. The van der Waals surface area contributed by atoms with Gasteiger partial charge in [0.2, 0.25) is 0 Å². The van der Waals surface area contributed by atoms with Crippen molar-refractivity contribution in [1.82, 2.24) is 20.2 Å². The van der Waals surface area contributed by atoms with Crippen LogP contribution in [0.1, 0.15) is 0 Å². The molecule has 0 bridgehead atoms. The van der Waals surface area contributed by atoms with Crippen LogP contribution in [-0.2, 0) is 10.0 Å². The van der Waals surface area contributed by atoms with Crippen molar-refractivity contribution in [1.29, 1.82) is 0 Å². The molecule has 0 saturated heterocycles. The smallest absolute Gasteiger partial charge is 0.263 e. The van der Waals surface area contributed by atoms with Crippen molar-refractivity contribution in [3.63, 3.8) is 0 Å². The first kappa shape index (κ1) is 14.5. The van der Waals surface area contributed by atoms with E-state index in [2.05, 4.69) is 20.2 Å². The highest BCUT2D eigenvalue weighted by Crippen LogP contribution is 2.23. The lowest BCUT2D eigenvalue weighted by Gasteiger charge is -2.09. The topological polar surface area (TPSA) is 89.8 Å². The molecular weight excluding hydrogens is 326 g/mol. The number of anilines is 1. The first-order valence-electron chi connectivity index (χ1n) is 6.17. The van der Waals surface area contributed by atoms with Crippen molar-refractivity contribution in [3.05, 3.63) is 59.9 Å². The molecule has 0 amide bonds. The van der Waals surface area contributed by atoms with Gasteiger partial charge in [-0.25, -0.2) is 13.1 Å². The Morgan fingerprint density at radius 1 is 1.05 bits per heavy atom. The fourth-order valence-electron chi connectivity index (χ4n) is 1.83. The predicted octanol–water partition coefficient (Wildman–Crippen LogP) is 2.12. The van der Waals surface area contributed by atoms with E-state index in [-0.39, 0.29) is 9.92 Å². The normalized spacial score (nSPS) is 11.3. The molecule has 22 heavy (non-hydrogen) atoms. The van der Waals surface area contributed by atoms with Gasteiger partial charge in [-0.3, -0.25) is 4.72 Å². The van der Waals surface area contributed by atoms with Crippen molar-refractivity contribution in [2.24, 2.45) is 0 Å². The van der Waals surface area contributed by atoms with Crippen molar-refractivity contribution in [3.8, 4) is 5.69 Å². The molecule has 0 spiro atoms. The second-order valence-electron chi connectivity index (χ2n) is 4.34. The number of halogens is 1. The van der Waals surface area contributed by atoms with E-state index in [9.17, 15) is 8.42 Å². The van der Waals surface area contributed by atoms with E-state index in [1.165, 1.54) is 23.1 Å². The van der Waals surface area contributed by atoms with Crippen LogP contribution in [0.15, 0.2) is 59.8 Å². The summed E-state index contributed by atoms with van der Waals surface area (Å²) in [6.45, 7) is 0. The zero-order chi connectivity index (χ0) is 15.6. The van der Waals surface area contributed by atoms with Crippen molar-refractivity contribution >= 4 is 27.3 Å². The minimum atomic E-state index is -3.74. The summed E-state index contributed by atoms with van der Waals surface area (Å²) in [5.74, 6) is 0. The van der Waals surface area contributed by atoms with Gasteiger partial charge in [0.1, 0.15) is 11.2 Å². The highest BCUT2D eigenvalue weighted by atomic mass is 35.5. The average Bonchev–Trinajstić information content (AvgIpc) is 3.02. The quantitative estimate of drug-likeness (QED) is 0.788. The van der Waals surface area contributed by atoms with Crippen LogP contribution in [0.4, 0.5) is 5.69 Å². The van der Waals surface area contributed by atoms with Crippen LogP contribution in [0, 0.1) is 0 Å². The number of hydrogen-bond donors (Lipinski definition) is 1. The van der Waals surface area contributed by atoms with Crippen LogP contribution in [0.5, 0.6) is 0 Å². The van der Waals surface area contributed by atoms with Crippen LogP contribution in [-0.4, -0.2) is 28.6 Å². The summed E-state index contributed by atoms with van der Waals surface area (Å²) < 4.78 is 28.5. The van der Waals surface area contributed by atoms with E-state index in [0.717, 1.165) is 0 Å². The maximum Gasteiger partial charge on any atom is 0.263 e. The zero-order valence-electron chi connectivity index (χ0n) is 11.1. The van der Waals surface area contributed by atoms with Gasteiger partial charge in [0.05, 0.1) is 10.7 Å². The second kappa shape index (κ2) is 5.74. The van der Waals surface area contributed by atoms with Gasteiger partial charge in [-0.15, -0.1) is 5.10 Å². The fraction of sp³-hybridized carbons (Fsp3) is 0. The Labute approximate surface area is 131 Å². The average molecular weight is 336 g/mol. The maximum atomic E-state index is 12.3. The molecule has 7 nitrogen and oxygen atoms in total. The van der Waals surface area contributed by atoms with Gasteiger partial charge in [0, 0.05) is 5.69 Å². The molecule has 2 aromatic carbocycles. The summed E-state index contributed by atoms with van der Waals surface area (Å²) in [4.78, 5) is 0.0289. The Bertz CT molecular complexity index is 879. The van der Waals surface area contributed by atoms with Crippen molar-refractivity contribution < 1.29 is 8.42 Å². The van der Waals surface area contributed by atoms with Gasteiger partial charge in [0.15, 0.2) is 0 Å². The van der Waals surface area contributed by atoms with Gasteiger partial charge in [0.25, 0.3) is 10.0 Å². The third-order valence-corrected chi connectivity index (χ3v) is 4.74. The molecule has 0 atom stereocenters. The number of nitrogens with one attached hydrogen (secondary N) is 1. The first-order chi connectivity index (χ1) is 10.6. The minimum absolute atomic E-state index is 0.0289. The highest BCUT2D eigenvalue weighted by Gasteiger charge is 2.17. The number of aromatic nitrogens is 4. The van der Waals surface area contributed by atoms with Gasteiger partial charge in [-0.2, -0.15) is 0 Å². The number of hydrogen-bond acceptors (Lipinski definition) is 5. The molecule has 0 unspecified atom stereocenters. The standard InChI is InChI=1S/C13H10ClN5O2S/c14-12-3-1-2-4-13(12)22(20,21)16-10-5-7-11(8-6-10)19-9-15-17-18-19/h1-9,16H. The number of tetrazole rings is 1. The van der Waals surface area contributed by atoms with Crippen molar-refractivity contribution in [2.45, 2.75) is 4.90 Å². The molecule has 0 aliphatic heterocycles. The number of sulfonamides is 1. The van der Waals surface area contributed by atoms with Crippen LogP contribution in [0.3, 0.4) is 0 Å². The summed E-state index contributed by atoms with van der Waals surface area (Å²) in [7, 11) is -3.74. The van der Waals surface area contributed by atoms with Gasteiger partial charge < -0.3 is 0 Å². The van der Waals surface area contributed by atoms with Crippen LogP contribution >= 0.6 is 11.6 Å². The van der Waals surface area contributed by atoms with Gasteiger partial charge in [-0.05, 0) is 46.8 Å². The Hall–Kier alpha value is -2.45. The van der Waals surface area contributed by atoms with Crippen LogP contribution in [0.25, 0.3) is 5.69 Å². The number of rotatable bonds is 4. The van der Waals surface area contributed by atoms with E-state index >= 15 is 0 Å². The first-order valence-corrected chi connectivity index (χ1v) is 8.03. The summed E-state index contributed by atoms with van der Waals surface area (Å²) in [5, 5.41) is 11.0. The molecule has 1 N–H and O–H groups in total. The lowest BCUT2D eigenvalue weighted by Crippen LogP contribution is -2.13. The van der Waals surface area contributed by atoms with E-state index in [1.54, 1.807) is 36.4 Å². The lowest BCUT2D eigenvalue weighted by atomic mass is 10.3. The zero-order valence-corrected chi connectivity index (χ0v) is 12.7. The molecule has 1 aromatic heterocycles. The molecule has 3 rings (SSSR count). The molecular formula is C13H10ClN5O2S. The van der Waals surface area contributed by atoms with Crippen molar-refractivity contribution in [2.75, 3.05) is 4.72 Å².